The molecule has 186 valence electrons. The molecule has 2 rings (SSSR count). The molecule has 2 aliphatic rings. The van der Waals surface area contributed by atoms with Gasteiger partial charge in [0.25, 0.3) is 0 Å². The van der Waals surface area contributed by atoms with Crippen molar-refractivity contribution in [3.63, 3.8) is 0 Å². The van der Waals surface area contributed by atoms with Gasteiger partial charge in [0.05, 0.1) is 0 Å². The summed E-state index contributed by atoms with van der Waals surface area (Å²) in [5.41, 5.74) is 6.72. The number of hydrogen-bond acceptors (Lipinski definition) is 8. The number of nitrogens with two attached hydrogens (primary N) is 2. The van der Waals surface area contributed by atoms with E-state index in [4.69, 9.17) is 21.7 Å². The molecule has 0 spiro atoms. The Morgan fingerprint density at radius 2 is 0.774 bits per heavy atom. The van der Waals surface area contributed by atoms with Crippen molar-refractivity contribution in [2.75, 3.05) is 0 Å². The minimum Gasteiger partial charge on any atom is -0.480 e. The molecule has 0 aromatic heterocycles. The molecular formula is C20H40N4O6Pd. The molecule has 11 heteroatoms. The summed E-state index contributed by atoms with van der Waals surface area (Å²) in [5, 5.41) is 40.6. The zero-order valence-corrected chi connectivity index (χ0v) is 21.4. The standard InChI is InChI=1S/2C10H20N2O3.Pd/c2*1-8(2)5-10(11,7(13)14)6-9(3,4)12(8)15;/h2*15H,5-6,11H2,1-4H3,(H,13,14);. The first-order chi connectivity index (χ1) is 13.0. The minimum atomic E-state index is -1.26. The molecule has 2 saturated heterocycles. The summed E-state index contributed by atoms with van der Waals surface area (Å²) in [4.78, 5) is 22.3. The first-order valence-electron chi connectivity index (χ1n) is 10.1. The predicted octanol–water partition coefficient (Wildman–Crippen LogP) is 1.62. The van der Waals surface area contributed by atoms with Gasteiger partial charge in [0.2, 0.25) is 0 Å². The molecule has 8 N–H and O–H groups in total. The van der Waals surface area contributed by atoms with Gasteiger partial charge in [-0.3, -0.25) is 9.59 Å². The van der Waals surface area contributed by atoms with E-state index >= 15 is 0 Å². The van der Waals surface area contributed by atoms with Crippen LogP contribution in [0.1, 0.15) is 81.1 Å². The van der Waals surface area contributed by atoms with Crippen LogP contribution in [0.3, 0.4) is 0 Å². The Morgan fingerprint density at radius 1 is 0.613 bits per heavy atom. The second-order valence-corrected chi connectivity index (χ2v) is 11.5. The summed E-state index contributed by atoms with van der Waals surface area (Å²) in [7, 11) is 0. The molecule has 0 aromatic rings. The molecule has 0 aromatic carbocycles. The number of carboxylic acids is 2. The quantitative estimate of drug-likeness (QED) is 0.283. The van der Waals surface area contributed by atoms with Gasteiger partial charge < -0.3 is 32.1 Å². The molecule has 31 heavy (non-hydrogen) atoms. The Balaban J connectivity index is 0.000000562. The van der Waals surface area contributed by atoms with Crippen LogP contribution in [0.25, 0.3) is 0 Å². The Morgan fingerprint density at radius 3 is 0.903 bits per heavy atom. The molecule has 2 fully saturated rings. The molecule has 0 bridgehead atoms. The second-order valence-electron chi connectivity index (χ2n) is 11.5. The van der Waals surface area contributed by atoms with Gasteiger partial charge in [-0.25, -0.2) is 0 Å². The van der Waals surface area contributed by atoms with E-state index < -0.39 is 45.2 Å². The number of hydrogen-bond donors (Lipinski definition) is 6. The van der Waals surface area contributed by atoms with Crippen LogP contribution in [0, 0.1) is 0 Å². The molecule has 0 radical (unpaired) electrons. The summed E-state index contributed by atoms with van der Waals surface area (Å²) in [6, 6.07) is 0. The Hall–Kier alpha value is -0.638. The maximum absolute atomic E-state index is 11.1. The first kappa shape index (κ1) is 30.4. The Labute approximate surface area is 198 Å². The van der Waals surface area contributed by atoms with Crippen LogP contribution in [0.5, 0.6) is 0 Å². The van der Waals surface area contributed by atoms with Crippen molar-refractivity contribution in [2.24, 2.45) is 11.5 Å². The fraction of sp³-hybridized carbons (Fsp3) is 0.900. The zero-order valence-electron chi connectivity index (χ0n) is 19.8. The van der Waals surface area contributed by atoms with Crippen molar-refractivity contribution in [1.29, 1.82) is 0 Å². The normalized spacial score (nSPS) is 27.7. The van der Waals surface area contributed by atoms with Crippen molar-refractivity contribution in [1.82, 2.24) is 10.1 Å². The number of aliphatic carboxylic acids is 2. The molecular weight excluding hydrogens is 499 g/mol. The molecule has 0 saturated carbocycles. The van der Waals surface area contributed by atoms with E-state index in [0.29, 0.717) is 0 Å². The van der Waals surface area contributed by atoms with Gasteiger partial charge in [-0.15, -0.1) is 0 Å². The number of piperidine rings is 2. The van der Waals surface area contributed by atoms with E-state index in [1.807, 2.05) is 0 Å². The fourth-order valence-corrected chi connectivity index (χ4v) is 5.45. The van der Waals surface area contributed by atoms with Crippen LogP contribution in [-0.4, -0.2) is 75.9 Å². The third-order valence-electron chi connectivity index (χ3n) is 6.14. The maximum atomic E-state index is 11.1. The largest absolute Gasteiger partial charge is 0.480 e. The summed E-state index contributed by atoms with van der Waals surface area (Å²) < 4.78 is 0. The van der Waals surface area contributed by atoms with Crippen LogP contribution in [0.4, 0.5) is 0 Å². The molecule has 2 heterocycles. The monoisotopic (exact) mass is 538 g/mol. The number of rotatable bonds is 2. The third kappa shape index (κ3) is 6.24. The molecule has 10 nitrogen and oxygen atoms in total. The smallest absolute Gasteiger partial charge is 0.323 e. The number of nitrogens with zero attached hydrogens (tertiary/aromatic N) is 2. The van der Waals surface area contributed by atoms with Gasteiger partial charge in [-0.05, 0) is 81.1 Å². The van der Waals surface area contributed by atoms with E-state index in [2.05, 4.69) is 0 Å². The second kappa shape index (κ2) is 8.95. The molecule has 2 aliphatic heterocycles. The van der Waals surface area contributed by atoms with Crippen LogP contribution in [-0.2, 0) is 30.0 Å². The molecule has 0 aliphatic carbocycles. The Bertz CT molecular complexity index is 601. The molecule has 0 amide bonds. The van der Waals surface area contributed by atoms with E-state index in [1.165, 1.54) is 10.1 Å². The van der Waals surface area contributed by atoms with Crippen molar-refractivity contribution in [3.8, 4) is 0 Å². The van der Waals surface area contributed by atoms with Crippen molar-refractivity contribution >= 4 is 11.9 Å². The van der Waals surface area contributed by atoms with E-state index in [-0.39, 0.29) is 46.1 Å². The van der Waals surface area contributed by atoms with Gasteiger partial charge in [0.1, 0.15) is 11.1 Å². The number of carbonyl (C=O) groups is 2. The summed E-state index contributed by atoms with van der Waals surface area (Å²) in [5.74, 6) is -2.01. The van der Waals surface area contributed by atoms with E-state index in [0.717, 1.165) is 0 Å². The fourth-order valence-electron chi connectivity index (χ4n) is 5.45. The molecule has 0 atom stereocenters. The summed E-state index contributed by atoms with van der Waals surface area (Å²) >= 11 is 0. The van der Waals surface area contributed by atoms with Crippen molar-refractivity contribution in [3.05, 3.63) is 0 Å². The first-order valence-corrected chi connectivity index (χ1v) is 10.1. The van der Waals surface area contributed by atoms with Crippen molar-refractivity contribution in [2.45, 2.75) is 114 Å². The van der Waals surface area contributed by atoms with E-state index in [9.17, 15) is 20.0 Å². The van der Waals surface area contributed by atoms with Crippen LogP contribution in [0.15, 0.2) is 0 Å². The average molecular weight is 539 g/mol. The number of carboxylic acid groups (broad SMARTS) is 2. The maximum Gasteiger partial charge on any atom is 0.323 e. The Kier molecular flexibility index (Phi) is 8.77. The van der Waals surface area contributed by atoms with Crippen molar-refractivity contribution < 1.29 is 50.6 Å². The average Bonchev–Trinajstić information content (AvgIpc) is 2.49. The van der Waals surface area contributed by atoms with Crippen LogP contribution >= 0.6 is 0 Å². The van der Waals surface area contributed by atoms with Gasteiger partial charge in [-0.1, -0.05) is 0 Å². The SMILES string of the molecule is CC1(C)CC(N)(C(=O)O)CC(C)(C)N1O.CC1(C)CC(N)(C(=O)O)CC(C)(C)N1O.[Pd]. The van der Waals surface area contributed by atoms with Crippen LogP contribution < -0.4 is 11.5 Å². The van der Waals surface area contributed by atoms with Crippen LogP contribution in [0.2, 0.25) is 0 Å². The summed E-state index contributed by atoms with van der Waals surface area (Å²) in [6.45, 7) is 14.3. The molecule has 0 unspecified atom stereocenters. The van der Waals surface area contributed by atoms with Gasteiger partial charge in [-0.2, -0.15) is 10.1 Å². The van der Waals surface area contributed by atoms with E-state index in [1.54, 1.807) is 55.4 Å². The topological polar surface area (TPSA) is 174 Å². The minimum absolute atomic E-state index is 0. The van der Waals surface area contributed by atoms with Gasteiger partial charge in [0.15, 0.2) is 0 Å². The van der Waals surface area contributed by atoms with Gasteiger partial charge >= 0.3 is 11.9 Å². The predicted molar refractivity (Wildman–Crippen MR) is 111 cm³/mol. The third-order valence-corrected chi connectivity index (χ3v) is 6.14. The number of hydroxylamine groups is 4. The summed E-state index contributed by atoms with van der Waals surface area (Å²) in [6.07, 6.45) is 0.926. The zero-order chi connectivity index (χ0) is 24.1. The van der Waals surface area contributed by atoms with Gasteiger partial charge in [0, 0.05) is 42.6 Å².